The van der Waals surface area contributed by atoms with Gasteiger partial charge >= 0.3 is 11.9 Å². The number of nitrogens with one attached hydrogen (secondary N) is 8. The molecule has 0 radical (unpaired) electrons. The molecule has 0 spiro atoms. The molecule has 26 heteroatoms. The lowest BCUT2D eigenvalue weighted by Gasteiger charge is -2.36. The van der Waals surface area contributed by atoms with E-state index in [9.17, 15) is 43.8 Å². The molecule has 564 valence electrons. The normalized spacial score (nSPS) is 22.7. The average Bonchev–Trinajstić information content (AvgIpc) is 1.68. The van der Waals surface area contributed by atoms with Crippen LogP contribution in [-0.4, -0.2) is 210 Å². The van der Waals surface area contributed by atoms with Crippen molar-refractivity contribution in [3.63, 3.8) is 0 Å². The predicted molar refractivity (Wildman–Crippen MR) is 399 cm³/mol. The molecule has 0 unspecified atom stereocenters. The second kappa shape index (κ2) is 35.0. The first-order valence-corrected chi connectivity index (χ1v) is 35.8. The summed E-state index contributed by atoms with van der Waals surface area (Å²) in [4.78, 5) is 163. The van der Waals surface area contributed by atoms with E-state index in [4.69, 9.17) is 9.47 Å². The lowest BCUT2D eigenvalue weighted by molar-refractivity contribution is -0.145. The third-order valence-electron chi connectivity index (χ3n) is 20.0. The van der Waals surface area contributed by atoms with Crippen LogP contribution < -0.4 is 47.3 Å². The summed E-state index contributed by atoms with van der Waals surface area (Å²) in [5, 5.41) is 47.6. The first-order valence-electron chi connectivity index (χ1n) is 35.8. The summed E-state index contributed by atoms with van der Waals surface area (Å²) in [6, 6.07) is 25.6. The van der Waals surface area contributed by atoms with E-state index in [2.05, 4.69) is 42.5 Å². The molecule has 0 aromatic heterocycles. The zero-order valence-electron chi connectivity index (χ0n) is 61.9. The van der Waals surface area contributed by atoms with Gasteiger partial charge in [-0.25, -0.2) is 9.59 Å². The summed E-state index contributed by atoms with van der Waals surface area (Å²) in [5.74, 6) is -8.31. The van der Waals surface area contributed by atoms with Gasteiger partial charge in [0, 0.05) is 57.8 Å². The second-order valence-electron chi connectivity index (χ2n) is 29.9. The molecule has 12 rings (SSSR count). The number of aliphatic carboxylic acids is 2. The Kier molecular flexibility index (Phi) is 26.3. The van der Waals surface area contributed by atoms with Gasteiger partial charge in [-0.3, -0.25) is 43.2 Å². The van der Waals surface area contributed by atoms with Gasteiger partial charge in [-0.15, -0.1) is 0 Å². The molecule has 9 amide bonds. The molecule has 106 heavy (non-hydrogen) atoms. The lowest BCUT2D eigenvalue weighted by atomic mass is 9.85. The van der Waals surface area contributed by atoms with Crippen LogP contribution in [0.1, 0.15) is 101 Å². The third-order valence-corrected chi connectivity index (χ3v) is 20.0. The number of likely N-dealkylation sites (N-methyl/N-ethyl adjacent to an activating group) is 3. The fourth-order valence-corrected chi connectivity index (χ4v) is 13.3. The van der Waals surface area contributed by atoms with Crippen LogP contribution in [0.5, 0.6) is 5.75 Å². The van der Waals surface area contributed by atoms with Crippen molar-refractivity contribution in [3.8, 4) is 5.75 Å². The van der Waals surface area contributed by atoms with Gasteiger partial charge in [-0.2, -0.15) is 0 Å². The molecule has 2 saturated heterocycles. The number of rotatable bonds is 14. The van der Waals surface area contributed by atoms with E-state index < -0.39 is 148 Å². The van der Waals surface area contributed by atoms with Gasteiger partial charge in [0.2, 0.25) is 47.3 Å². The van der Waals surface area contributed by atoms with Gasteiger partial charge in [0.25, 0.3) is 5.91 Å². The summed E-state index contributed by atoms with van der Waals surface area (Å²) >= 11 is 0. The monoisotopic (exact) mass is 1450 g/mol. The Hall–Kier alpha value is -10.6. The van der Waals surface area contributed by atoms with Crippen molar-refractivity contribution < 1.29 is 72.4 Å². The quantitative estimate of drug-likeness (QED) is 0.0665. The minimum atomic E-state index is -1.59. The zero-order valence-corrected chi connectivity index (χ0v) is 61.9. The van der Waals surface area contributed by atoms with Crippen LogP contribution in [0.15, 0.2) is 146 Å². The number of carboxylic acid groups (broad SMARTS) is 2. The number of carbonyl (C=O) groups is 11. The van der Waals surface area contributed by atoms with E-state index in [-0.39, 0.29) is 70.4 Å². The molecule has 0 saturated carbocycles. The van der Waals surface area contributed by atoms with Gasteiger partial charge < -0.3 is 76.9 Å². The number of fused-ring (bicyclic) bond motifs is 2. The van der Waals surface area contributed by atoms with E-state index in [1.54, 1.807) is 118 Å². The highest BCUT2D eigenvalue weighted by molar-refractivity contribution is 5.99. The molecule has 0 aliphatic carbocycles. The summed E-state index contributed by atoms with van der Waals surface area (Å²) in [6.45, 7) is 13.6. The summed E-state index contributed by atoms with van der Waals surface area (Å²) in [6.07, 6.45) is 1.75. The van der Waals surface area contributed by atoms with E-state index >= 15 is 19.2 Å². The van der Waals surface area contributed by atoms with Crippen LogP contribution in [0, 0.1) is 10.8 Å². The average molecular weight is 1450 g/mol. The van der Waals surface area contributed by atoms with Crippen molar-refractivity contribution in [2.24, 2.45) is 10.8 Å². The number of benzene rings is 6. The predicted octanol–water partition coefficient (Wildman–Crippen LogP) is 4.63. The number of hydrogen-bond donors (Lipinski definition) is 10. The lowest BCUT2D eigenvalue weighted by Crippen LogP contribution is -2.61. The molecule has 10 N–H and O–H groups in total. The fraction of sp³-hybridized carbons (Fsp3) is 0.438. The molecule has 6 heterocycles. The summed E-state index contributed by atoms with van der Waals surface area (Å²) in [7, 11) is 4.70. The minimum absolute atomic E-state index is 0.00596. The third kappa shape index (κ3) is 20.3. The van der Waals surface area contributed by atoms with Gasteiger partial charge in [-0.1, -0.05) is 157 Å². The Balaban J connectivity index is 1.06. The molecule has 6 aromatic rings. The summed E-state index contributed by atoms with van der Waals surface area (Å²) < 4.78 is 12.3. The SMILES string of the molecule is CN[C@@H](C)C(=O)N[C@H](C(=O)N1C[C@@H]2C[C@H]1C(=O)N[C@@H](Cc1ccc3ccccc3c1)C(=O)N[C@H](C(=O)O)Cc1ccc(cc1)C(=O)N(C)[C@H]1C[C@@H](C(=O)N[C@@H](Cc3ccc4ccccc4c3)C(=O)N[C@H](C(=O)O)Cc3ccc(cc3)OC/C=C/CO2)N(C(=O)[C@@H](NC(=O)[C@H](C)NC)C(C)(C)C)C1)C(C)(C)C. The van der Waals surface area contributed by atoms with Gasteiger partial charge in [0.05, 0.1) is 30.8 Å². The van der Waals surface area contributed by atoms with E-state index in [0.29, 0.717) is 28.0 Å². The van der Waals surface area contributed by atoms with E-state index in [1.165, 1.54) is 46.0 Å². The molecule has 2 fully saturated rings. The molecule has 6 aromatic carbocycles. The van der Waals surface area contributed by atoms with Crippen LogP contribution in [0.2, 0.25) is 0 Å². The van der Waals surface area contributed by atoms with Crippen LogP contribution >= 0.6 is 0 Å². The Labute approximate surface area is 617 Å². The van der Waals surface area contributed by atoms with Crippen LogP contribution in [0.25, 0.3) is 21.5 Å². The molecular weight excluding hydrogens is 1350 g/mol. The number of ether oxygens (including phenoxy) is 2. The van der Waals surface area contributed by atoms with E-state index in [0.717, 1.165) is 21.5 Å². The number of carbonyl (C=O) groups excluding carboxylic acids is 9. The molecule has 8 bridgehead atoms. The Bertz CT molecular complexity index is 4250. The smallest absolute Gasteiger partial charge is 0.326 e. The Morgan fingerprint density at radius 3 is 1.40 bits per heavy atom. The molecule has 12 atom stereocenters. The zero-order chi connectivity index (χ0) is 76.9. The Morgan fingerprint density at radius 1 is 0.528 bits per heavy atom. The number of hydrogen-bond acceptors (Lipinski definition) is 15. The van der Waals surface area contributed by atoms with Gasteiger partial charge in [0.1, 0.15) is 60.7 Å². The number of amides is 9. The highest BCUT2D eigenvalue weighted by Gasteiger charge is 2.49. The summed E-state index contributed by atoms with van der Waals surface area (Å²) in [5.41, 5.74) is 0.463. The number of nitrogens with zero attached hydrogens (tertiary/aromatic N) is 3. The van der Waals surface area contributed by atoms with Crippen molar-refractivity contribution >= 4 is 86.6 Å². The topological polar surface area (TPSA) is 353 Å². The first-order chi connectivity index (χ1) is 50.3. The minimum Gasteiger partial charge on any atom is -0.490 e. The van der Waals surface area contributed by atoms with Crippen molar-refractivity contribution in [2.75, 3.05) is 47.4 Å². The first kappa shape index (κ1) is 79.5. The number of likely N-dealkylation sites (tertiary alicyclic amines) is 2. The number of carboxylic acids is 2. The highest BCUT2D eigenvalue weighted by atomic mass is 16.5. The van der Waals surface area contributed by atoms with Gasteiger partial charge in [0.15, 0.2) is 0 Å². The van der Waals surface area contributed by atoms with Crippen LogP contribution in [-0.2, 0) is 78.4 Å². The Morgan fingerprint density at radius 2 is 0.953 bits per heavy atom. The fourth-order valence-electron chi connectivity index (χ4n) is 13.3. The van der Waals surface area contributed by atoms with Crippen molar-refractivity contribution in [1.82, 2.24) is 57.2 Å². The highest BCUT2D eigenvalue weighted by Crippen LogP contribution is 2.32. The van der Waals surface area contributed by atoms with Crippen LogP contribution in [0.4, 0.5) is 0 Å². The van der Waals surface area contributed by atoms with Crippen molar-refractivity contribution in [3.05, 3.63) is 173 Å². The maximum Gasteiger partial charge on any atom is 0.326 e. The van der Waals surface area contributed by atoms with Crippen molar-refractivity contribution in [2.45, 2.75) is 166 Å². The molecule has 6 aliphatic heterocycles. The maximum absolute atomic E-state index is 15.3. The van der Waals surface area contributed by atoms with Crippen LogP contribution in [0.3, 0.4) is 0 Å². The molecular formula is C80H99N11O15. The largest absolute Gasteiger partial charge is 0.490 e. The second-order valence-corrected chi connectivity index (χ2v) is 29.9. The van der Waals surface area contributed by atoms with Gasteiger partial charge in [-0.05, 0) is 119 Å². The molecule has 26 nitrogen and oxygen atoms in total. The standard InChI is InChI=1S/C80H99N11O15/c1-46(81-9)68(92)87-66(79(3,4)5)75(99)90-44-57-42-64(90)72(96)83-60(40-50-24-28-52-18-12-14-20-55(52)36-50)70(94)86-63(78(103)104)39-49-26-32-58(33-27-49)105-34-16-17-35-106-59-43-65(91(45-59)76(100)67(80(6,7)8)88-69(93)47(2)82-10)73(97)84-61(41-51-25-29-53-19-13-15-21-56(53)37-51)71(95)85-62(77(101)102)38-48-22-30-54(31-23-48)74(98)89(57)11/h12-33,36-37,46-47,57,59-67,81-82H,34-35,38-45H2,1-11H3,(H,83,96)(H,84,97)(H,85,95)(H,86,94)(H,87,92)(H,88,93)(H,101,102)(H,103,104)/b17-16+/t46-,47-,57-,59-,60-,61-,62-,63-,64-,65-,66+,67+/m0/s1. The molecule has 6 aliphatic rings. The van der Waals surface area contributed by atoms with E-state index in [1.807, 2.05) is 72.8 Å². The maximum atomic E-state index is 15.3. The van der Waals surface area contributed by atoms with Crippen molar-refractivity contribution in [1.29, 1.82) is 0 Å².